The van der Waals surface area contributed by atoms with Crippen molar-refractivity contribution in [1.29, 1.82) is 0 Å². The molecule has 0 amide bonds. The van der Waals surface area contributed by atoms with Gasteiger partial charge in [0.25, 0.3) is 11.5 Å². The molecule has 7 heteroatoms. The second-order valence-corrected chi connectivity index (χ2v) is 2.89. The van der Waals surface area contributed by atoms with Gasteiger partial charge in [-0.3, -0.25) is 14.9 Å². The maximum absolute atomic E-state index is 11.5. The molecule has 0 radical (unpaired) electrons. The number of Topliss-reactive ketones (excluding diaryl/α,β-unsaturated/α-hetero) is 1. The molecule has 1 unspecified atom stereocenters. The lowest BCUT2D eigenvalue weighted by Crippen LogP contribution is -2.43. The summed E-state index contributed by atoms with van der Waals surface area (Å²) in [5, 5.41) is 13.1. The lowest BCUT2D eigenvalue weighted by molar-refractivity contribution is -0.428. The quantitative estimate of drug-likeness (QED) is 0.307. The first-order valence-electron chi connectivity index (χ1n) is 4.56. The monoisotopic (exact) mass is 226 g/mol. The summed E-state index contributed by atoms with van der Waals surface area (Å²) < 4.78 is 4.48. The Kier molecular flexibility index (Phi) is 3.76. The van der Waals surface area contributed by atoms with Crippen molar-refractivity contribution in [3.63, 3.8) is 0 Å². The van der Waals surface area contributed by atoms with Crippen LogP contribution < -0.4 is 5.32 Å². The molecule has 1 N–H and O–H groups in total. The number of rotatable bonds is 4. The second kappa shape index (κ2) is 5.06. The van der Waals surface area contributed by atoms with Gasteiger partial charge in [-0.1, -0.05) is 0 Å². The fraction of sp³-hybridized carbons (Fsp3) is 0.333. The number of carbonyl (C=O) groups excluding carboxylic acids is 2. The number of dihydropyridines is 1. The number of nitrogens with one attached hydrogen (secondary N) is 1. The fourth-order valence-corrected chi connectivity index (χ4v) is 1.18. The van der Waals surface area contributed by atoms with Crippen LogP contribution in [0, 0.1) is 10.1 Å². The normalized spacial score (nSPS) is 18.3. The Morgan fingerprint density at radius 1 is 1.62 bits per heavy atom. The van der Waals surface area contributed by atoms with E-state index in [2.05, 4.69) is 10.1 Å². The van der Waals surface area contributed by atoms with Crippen molar-refractivity contribution in [3.05, 3.63) is 34.2 Å². The molecule has 1 aliphatic rings. The van der Waals surface area contributed by atoms with Gasteiger partial charge < -0.3 is 10.1 Å². The molecule has 0 bridgehead atoms. The number of ketones is 1. The van der Waals surface area contributed by atoms with Gasteiger partial charge in [-0.05, 0) is 19.2 Å². The van der Waals surface area contributed by atoms with Gasteiger partial charge in [0.15, 0.2) is 6.04 Å². The molecule has 1 rings (SSSR count). The van der Waals surface area contributed by atoms with Crippen molar-refractivity contribution in [3.8, 4) is 0 Å². The summed E-state index contributed by atoms with van der Waals surface area (Å²) in [5.74, 6) is -2.06. The minimum atomic E-state index is -1.28. The number of hydrogen-bond donors (Lipinski definition) is 1. The fourth-order valence-electron chi connectivity index (χ4n) is 1.18. The SMILES string of the molecule is CCOC(=O)C(=O)C1NC=CC=C1[N+](=O)[O-]. The number of nitrogens with zero attached hydrogens (tertiary/aromatic N) is 1. The predicted molar refractivity (Wildman–Crippen MR) is 52.8 cm³/mol. The van der Waals surface area contributed by atoms with Gasteiger partial charge in [0, 0.05) is 6.08 Å². The number of nitro groups is 1. The standard InChI is InChI=1S/C9H10N2O5/c1-2-16-9(13)8(12)7-6(11(14)15)4-3-5-10-7/h3-5,7,10H,2H2,1H3. The van der Waals surface area contributed by atoms with Crippen molar-refractivity contribution >= 4 is 11.8 Å². The maximum atomic E-state index is 11.5. The van der Waals surface area contributed by atoms with Crippen molar-refractivity contribution in [2.45, 2.75) is 13.0 Å². The molecule has 1 atom stereocenters. The summed E-state index contributed by atoms with van der Waals surface area (Å²) in [6.07, 6.45) is 3.90. The van der Waals surface area contributed by atoms with Crippen LogP contribution in [0.3, 0.4) is 0 Å². The Hall–Kier alpha value is -2.18. The molecular weight excluding hydrogens is 216 g/mol. The van der Waals surface area contributed by atoms with Crippen LogP contribution in [-0.2, 0) is 14.3 Å². The van der Waals surface area contributed by atoms with Gasteiger partial charge in [-0.25, -0.2) is 4.79 Å². The molecule has 0 fully saturated rings. The lowest BCUT2D eigenvalue weighted by atomic mass is 10.1. The summed E-state index contributed by atoms with van der Waals surface area (Å²) in [7, 11) is 0. The molecule has 16 heavy (non-hydrogen) atoms. The summed E-state index contributed by atoms with van der Waals surface area (Å²) in [4.78, 5) is 32.5. The molecule has 1 heterocycles. The van der Waals surface area contributed by atoms with Crippen LogP contribution in [0.1, 0.15) is 6.92 Å². The Balaban J connectivity index is 2.84. The molecule has 0 aromatic carbocycles. The first-order valence-corrected chi connectivity index (χ1v) is 4.56. The van der Waals surface area contributed by atoms with Crippen LogP contribution >= 0.6 is 0 Å². The third-order valence-corrected chi connectivity index (χ3v) is 1.87. The lowest BCUT2D eigenvalue weighted by Gasteiger charge is -2.14. The Morgan fingerprint density at radius 3 is 2.88 bits per heavy atom. The molecule has 0 aliphatic carbocycles. The van der Waals surface area contributed by atoms with E-state index in [1.807, 2.05) is 0 Å². The number of hydrogen-bond acceptors (Lipinski definition) is 6. The minimum Gasteiger partial charge on any atom is -0.460 e. The Morgan fingerprint density at radius 2 is 2.31 bits per heavy atom. The highest BCUT2D eigenvalue weighted by Crippen LogP contribution is 2.10. The van der Waals surface area contributed by atoms with Crippen molar-refractivity contribution in [1.82, 2.24) is 5.32 Å². The van der Waals surface area contributed by atoms with Crippen LogP contribution in [-0.4, -0.2) is 29.3 Å². The Labute approximate surface area is 90.9 Å². The van der Waals surface area contributed by atoms with Crippen LogP contribution in [0.5, 0.6) is 0 Å². The first-order chi connectivity index (χ1) is 7.57. The zero-order valence-corrected chi connectivity index (χ0v) is 8.50. The summed E-state index contributed by atoms with van der Waals surface area (Å²) >= 11 is 0. The number of allylic oxidation sites excluding steroid dienone is 2. The molecule has 7 nitrogen and oxygen atoms in total. The van der Waals surface area contributed by atoms with Crippen LogP contribution in [0.2, 0.25) is 0 Å². The minimum absolute atomic E-state index is 0.0463. The average molecular weight is 226 g/mol. The zero-order valence-electron chi connectivity index (χ0n) is 8.50. The van der Waals surface area contributed by atoms with E-state index >= 15 is 0 Å². The Bertz CT molecular complexity index is 385. The smallest absolute Gasteiger partial charge is 0.377 e. The van der Waals surface area contributed by atoms with E-state index in [1.54, 1.807) is 6.92 Å². The van der Waals surface area contributed by atoms with Crippen molar-refractivity contribution < 1.29 is 19.2 Å². The largest absolute Gasteiger partial charge is 0.460 e. The summed E-state index contributed by atoms with van der Waals surface area (Å²) in [6.45, 7) is 1.59. The van der Waals surface area contributed by atoms with Gasteiger partial charge in [-0.15, -0.1) is 0 Å². The number of carbonyl (C=O) groups is 2. The molecule has 0 aromatic heterocycles. The second-order valence-electron chi connectivity index (χ2n) is 2.89. The molecule has 0 saturated heterocycles. The zero-order chi connectivity index (χ0) is 12.1. The molecule has 0 spiro atoms. The van der Waals surface area contributed by atoms with E-state index in [-0.39, 0.29) is 12.3 Å². The van der Waals surface area contributed by atoms with E-state index in [4.69, 9.17) is 0 Å². The van der Waals surface area contributed by atoms with E-state index in [0.29, 0.717) is 0 Å². The van der Waals surface area contributed by atoms with E-state index in [1.165, 1.54) is 12.3 Å². The van der Waals surface area contributed by atoms with Crippen molar-refractivity contribution in [2.75, 3.05) is 6.61 Å². The third kappa shape index (κ3) is 2.44. The van der Waals surface area contributed by atoms with Crippen LogP contribution in [0.25, 0.3) is 0 Å². The maximum Gasteiger partial charge on any atom is 0.377 e. The highest BCUT2D eigenvalue weighted by molar-refractivity contribution is 6.36. The molecule has 1 aliphatic heterocycles. The third-order valence-electron chi connectivity index (χ3n) is 1.87. The predicted octanol–water partition coefficient (Wildman–Crippen LogP) is -0.235. The van der Waals surface area contributed by atoms with Crippen molar-refractivity contribution in [2.24, 2.45) is 0 Å². The average Bonchev–Trinajstić information content (AvgIpc) is 2.28. The van der Waals surface area contributed by atoms with Gasteiger partial charge in [0.05, 0.1) is 11.5 Å². The number of ether oxygens (including phenoxy) is 1. The number of esters is 1. The van der Waals surface area contributed by atoms with Gasteiger partial charge >= 0.3 is 5.97 Å². The van der Waals surface area contributed by atoms with Gasteiger partial charge in [0.1, 0.15) is 0 Å². The molecule has 86 valence electrons. The first kappa shape index (κ1) is 11.9. The van der Waals surface area contributed by atoms with E-state index < -0.39 is 22.7 Å². The van der Waals surface area contributed by atoms with Gasteiger partial charge in [-0.2, -0.15) is 0 Å². The van der Waals surface area contributed by atoms with Crippen LogP contribution in [0.4, 0.5) is 0 Å². The van der Waals surface area contributed by atoms with E-state index in [0.717, 1.165) is 6.08 Å². The molecule has 0 aromatic rings. The molecule has 0 saturated carbocycles. The van der Waals surface area contributed by atoms with Gasteiger partial charge in [0.2, 0.25) is 0 Å². The summed E-state index contributed by atoms with van der Waals surface area (Å²) in [5.41, 5.74) is -0.374. The molecular formula is C9H10N2O5. The topological polar surface area (TPSA) is 98.5 Å². The van der Waals surface area contributed by atoms with E-state index in [9.17, 15) is 19.7 Å². The highest BCUT2D eigenvalue weighted by atomic mass is 16.6. The van der Waals surface area contributed by atoms with Crippen LogP contribution in [0.15, 0.2) is 24.0 Å². The summed E-state index contributed by atoms with van der Waals surface area (Å²) in [6, 6.07) is -1.28. The highest BCUT2D eigenvalue weighted by Gasteiger charge is 2.36.